The summed E-state index contributed by atoms with van der Waals surface area (Å²) in [4.78, 5) is 14.9. The Balaban J connectivity index is 2.44. The zero-order valence-corrected chi connectivity index (χ0v) is 11.3. The van der Waals surface area contributed by atoms with Gasteiger partial charge in [-0.1, -0.05) is 6.07 Å². The molecule has 1 aromatic carbocycles. The van der Waals surface area contributed by atoms with Gasteiger partial charge in [0.05, 0.1) is 10.6 Å². The molecule has 0 unspecified atom stereocenters. The molecule has 1 aromatic heterocycles. The average Bonchev–Trinajstić information content (AvgIpc) is 2.41. The van der Waals surface area contributed by atoms with Crippen molar-refractivity contribution in [3.05, 3.63) is 52.3 Å². The van der Waals surface area contributed by atoms with Crippen LogP contribution in [0, 0.1) is 17.0 Å². The molecule has 0 amide bonds. The van der Waals surface area contributed by atoms with Gasteiger partial charge in [-0.2, -0.15) is 0 Å². The van der Waals surface area contributed by atoms with Crippen LogP contribution < -0.4 is 10.1 Å². The quantitative estimate of drug-likeness (QED) is 0.666. The topological polar surface area (TPSA) is 77.3 Å². The molecule has 0 saturated heterocycles. The highest BCUT2D eigenvalue weighted by atomic mass is 16.6. The van der Waals surface area contributed by atoms with E-state index in [2.05, 4.69) is 10.3 Å². The molecule has 0 saturated carbocycles. The maximum atomic E-state index is 11.3. The van der Waals surface area contributed by atoms with Gasteiger partial charge in [-0.05, 0) is 38.1 Å². The molecule has 6 nitrogen and oxygen atoms in total. The van der Waals surface area contributed by atoms with E-state index < -0.39 is 4.92 Å². The Labute approximate surface area is 116 Å². The van der Waals surface area contributed by atoms with Crippen molar-refractivity contribution in [1.82, 2.24) is 4.98 Å². The highest BCUT2D eigenvalue weighted by molar-refractivity contribution is 5.69. The molecule has 6 heteroatoms. The van der Waals surface area contributed by atoms with E-state index in [0.29, 0.717) is 23.7 Å². The SMILES string of the molecule is CCNc1cccc(Oc2cccnc2C)c1[N+](=O)[O-]. The number of benzene rings is 1. The van der Waals surface area contributed by atoms with Gasteiger partial charge in [0.25, 0.3) is 0 Å². The predicted octanol–water partition coefficient (Wildman–Crippen LogP) is 3.52. The maximum Gasteiger partial charge on any atom is 0.334 e. The third-order valence-corrected chi connectivity index (χ3v) is 2.73. The van der Waals surface area contributed by atoms with E-state index in [1.54, 1.807) is 43.5 Å². The largest absolute Gasteiger partial charge is 0.448 e. The summed E-state index contributed by atoms with van der Waals surface area (Å²) in [5.74, 6) is 0.703. The van der Waals surface area contributed by atoms with Crippen LogP contribution in [0.25, 0.3) is 0 Å². The number of aromatic nitrogens is 1. The summed E-state index contributed by atoms with van der Waals surface area (Å²) in [5, 5.41) is 14.2. The zero-order chi connectivity index (χ0) is 14.5. The highest BCUT2D eigenvalue weighted by Crippen LogP contribution is 2.37. The number of aryl methyl sites for hydroxylation is 1. The third-order valence-electron chi connectivity index (χ3n) is 2.73. The Hall–Kier alpha value is -2.63. The summed E-state index contributed by atoms with van der Waals surface area (Å²) >= 11 is 0. The van der Waals surface area contributed by atoms with Gasteiger partial charge in [0.2, 0.25) is 5.75 Å². The number of hydrogen-bond acceptors (Lipinski definition) is 5. The molecule has 2 rings (SSSR count). The number of rotatable bonds is 5. The number of nitro benzene ring substituents is 1. The minimum atomic E-state index is -0.445. The van der Waals surface area contributed by atoms with Crippen LogP contribution in [0.1, 0.15) is 12.6 Å². The van der Waals surface area contributed by atoms with Gasteiger partial charge >= 0.3 is 5.69 Å². The maximum absolute atomic E-state index is 11.3. The van der Waals surface area contributed by atoms with Crippen LogP contribution in [0.15, 0.2) is 36.5 Å². The smallest absolute Gasteiger partial charge is 0.334 e. The first-order valence-corrected chi connectivity index (χ1v) is 6.24. The second-order valence-corrected chi connectivity index (χ2v) is 4.13. The number of nitro groups is 1. The van der Waals surface area contributed by atoms with Crippen LogP contribution in [0.2, 0.25) is 0 Å². The first kappa shape index (κ1) is 13.8. The van der Waals surface area contributed by atoms with Crippen molar-refractivity contribution >= 4 is 11.4 Å². The first-order chi connectivity index (χ1) is 9.63. The van der Waals surface area contributed by atoms with Gasteiger partial charge in [0, 0.05) is 12.7 Å². The van der Waals surface area contributed by atoms with Crippen LogP contribution >= 0.6 is 0 Å². The normalized spacial score (nSPS) is 10.1. The third kappa shape index (κ3) is 2.85. The molecule has 0 bridgehead atoms. The predicted molar refractivity (Wildman–Crippen MR) is 76.3 cm³/mol. The van der Waals surface area contributed by atoms with Crippen LogP contribution in [0.4, 0.5) is 11.4 Å². The molecule has 1 N–H and O–H groups in total. The number of anilines is 1. The molecule has 2 aromatic rings. The standard InChI is InChI=1S/C14H15N3O3/c1-3-15-11-6-4-7-13(14(11)17(18)19)20-12-8-5-9-16-10(12)2/h4-9,15H,3H2,1-2H3. The summed E-state index contributed by atoms with van der Waals surface area (Å²) in [6.45, 7) is 4.26. The Morgan fingerprint density at radius 2 is 2.05 bits per heavy atom. The van der Waals surface area contributed by atoms with E-state index in [1.807, 2.05) is 6.92 Å². The van der Waals surface area contributed by atoms with Crippen molar-refractivity contribution in [3.63, 3.8) is 0 Å². The van der Waals surface area contributed by atoms with E-state index in [-0.39, 0.29) is 11.4 Å². The second-order valence-electron chi connectivity index (χ2n) is 4.13. The molecular weight excluding hydrogens is 258 g/mol. The summed E-state index contributed by atoms with van der Waals surface area (Å²) < 4.78 is 5.64. The van der Waals surface area contributed by atoms with Crippen molar-refractivity contribution < 1.29 is 9.66 Å². The van der Waals surface area contributed by atoms with Crippen LogP contribution in [-0.4, -0.2) is 16.5 Å². The lowest BCUT2D eigenvalue weighted by Gasteiger charge is -2.11. The lowest BCUT2D eigenvalue weighted by molar-refractivity contribution is -0.384. The Bertz CT molecular complexity index is 629. The number of nitrogens with one attached hydrogen (secondary N) is 1. The van der Waals surface area contributed by atoms with Gasteiger partial charge in [-0.25, -0.2) is 0 Å². The number of hydrogen-bond donors (Lipinski definition) is 1. The van der Waals surface area contributed by atoms with Gasteiger partial charge in [-0.15, -0.1) is 0 Å². The minimum Gasteiger partial charge on any atom is -0.448 e. The highest BCUT2D eigenvalue weighted by Gasteiger charge is 2.21. The van der Waals surface area contributed by atoms with Crippen LogP contribution in [0.5, 0.6) is 11.5 Å². The lowest BCUT2D eigenvalue weighted by Crippen LogP contribution is -2.03. The van der Waals surface area contributed by atoms with Gasteiger partial charge < -0.3 is 10.1 Å². The molecule has 0 atom stereocenters. The molecule has 0 aliphatic carbocycles. The fourth-order valence-electron chi connectivity index (χ4n) is 1.82. The van der Waals surface area contributed by atoms with Gasteiger partial charge in [0.15, 0.2) is 0 Å². The van der Waals surface area contributed by atoms with Crippen molar-refractivity contribution in [3.8, 4) is 11.5 Å². The molecule has 0 spiro atoms. The fourth-order valence-corrected chi connectivity index (χ4v) is 1.82. The van der Waals surface area contributed by atoms with Crippen LogP contribution in [-0.2, 0) is 0 Å². The van der Waals surface area contributed by atoms with Crippen molar-refractivity contribution in [2.75, 3.05) is 11.9 Å². The van der Waals surface area contributed by atoms with E-state index >= 15 is 0 Å². The molecule has 0 aliphatic rings. The summed E-state index contributed by atoms with van der Waals surface area (Å²) in [5.41, 5.74) is 1.05. The summed E-state index contributed by atoms with van der Waals surface area (Å²) in [6, 6.07) is 8.40. The van der Waals surface area contributed by atoms with Crippen molar-refractivity contribution in [1.29, 1.82) is 0 Å². The zero-order valence-electron chi connectivity index (χ0n) is 11.3. The first-order valence-electron chi connectivity index (χ1n) is 6.24. The molecule has 0 radical (unpaired) electrons. The average molecular weight is 273 g/mol. The molecule has 0 aliphatic heterocycles. The lowest BCUT2D eigenvalue weighted by atomic mass is 10.2. The number of pyridine rings is 1. The van der Waals surface area contributed by atoms with E-state index in [4.69, 9.17) is 4.74 Å². The Kier molecular flexibility index (Phi) is 4.14. The van der Waals surface area contributed by atoms with E-state index in [1.165, 1.54) is 0 Å². The van der Waals surface area contributed by atoms with E-state index in [0.717, 1.165) is 0 Å². The van der Waals surface area contributed by atoms with Gasteiger partial charge in [-0.3, -0.25) is 15.1 Å². The number of nitrogens with zero attached hydrogens (tertiary/aromatic N) is 2. The van der Waals surface area contributed by atoms with E-state index in [9.17, 15) is 10.1 Å². The van der Waals surface area contributed by atoms with Crippen molar-refractivity contribution in [2.24, 2.45) is 0 Å². The molecule has 20 heavy (non-hydrogen) atoms. The van der Waals surface area contributed by atoms with Crippen molar-refractivity contribution in [2.45, 2.75) is 13.8 Å². The van der Waals surface area contributed by atoms with Gasteiger partial charge in [0.1, 0.15) is 11.4 Å². The monoisotopic (exact) mass is 273 g/mol. The number of para-hydroxylation sites is 1. The Morgan fingerprint density at radius 1 is 1.30 bits per heavy atom. The fraction of sp³-hybridized carbons (Fsp3) is 0.214. The van der Waals surface area contributed by atoms with Crippen LogP contribution in [0.3, 0.4) is 0 Å². The molecule has 104 valence electrons. The molecule has 1 heterocycles. The second kappa shape index (κ2) is 6.01. The molecular formula is C14H15N3O3. The molecule has 0 fully saturated rings. The summed E-state index contributed by atoms with van der Waals surface area (Å²) in [7, 11) is 0. The summed E-state index contributed by atoms with van der Waals surface area (Å²) in [6.07, 6.45) is 1.64. The number of ether oxygens (including phenoxy) is 1. The minimum absolute atomic E-state index is 0.0717. The Morgan fingerprint density at radius 3 is 2.70 bits per heavy atom.